The van der Waals surface area contributed by atoms with Crippen LogP contribution in [0, 0.1) is 0 Å². The number of halogens is 1. The molecule has 2 fully saturated rings. The molecule has 0 bridgehead atoms. The van der Waals surface area contributed by atoms with Crippen LogP contribution >= 0.6 is 11.6 Å². The molecule has 98 valence electrons. The van der Waals surface area contributed by atoms with Gasteiger partial charge in [0.1, 0.15) is 0 Å². The first-order chi connectivity index (χ1) is 8.84. The third kappa shape index (κ3) is 2.50. The highest BCUT2D eigenvalue weighted by molar-refractivity contribution is 6.30. The summed E-state index contributed by atoms with van der Waals surface area (Å²) < 4.78 is 0. The molecular formula is C15H21ClN2. The third-order valence-electron chi connectivity index (χ3n) is 4.12. The zero-order valence-corrected chi connectivity index (χ0v) is 11.5. The Balaban J connectivity index is 1.91. The Morgan fingerprint density at radius 1 is 1.11 bits per heavy atom. The number of benzene rings is 1. The lowest BCUT2D eigenvalue weighted by atomic mass is 10.0. The number of hydrogen-bond donors (Lipinski definition) is 1. The van der Waals surface area contributed by atoms with Gasteiger partial charge in [0.2, 0.25) is 0 Å². The van der Waals surface area contributed by atoms with Crippen LogP contribution in [0.25, 0.3) is 0 Å². The molecule has 2 heterocycles. The number of piperidine rings is 1. The Morgan fingerprint density at radius 2 is 1.94 bits per heavy atom. The molecule has 0 spiro atoms. The van der Waals surface area contributed by atoms with Crippen molar-refractivity contribution >= 4 is 17.3 Å². The second-order valence-corrected chi connectivity index (χ2v) is 5.84. The van der Waals surface area contributed by atoms with Crippen molar-refractivity contribution < 1.29 is 0 Å². The summed E-state index contributed by atoms with van der Waals surface area (Å²) >= 11 is 6.19. The van der Waals surface area contributed by atoms with E-state index in [1.54, 1.807) is 0 Å². The molecule has 1 unspecified atom stereocenters. The van der Waals surface area contributed by atoms with Crippen molar-refractivity contribution in [3.05, 3.63) is 28.8 Å². The van der Waals surface area contributed by atoms with Crippen LogP contribution in [0.15, 0.2) is 18.2 Å². The fraction of sp³-hybridized carbons (Fsp3) is 0.600. The Labute approximate surface area is 114 Å². The minimum absolute atomic E-state index is 0.501. The average molecular weight is 265 g/mol. The molecule has 0 amide bonds. The predicted octanol–water partition coefficient (Wildman–Crippen LogP) is 3.75. The number of rotatable bonds is 2. The molecule has 18 heavy (non-hydrogen) atoms. The maximum Gasteiger partial charge on any atom is 0.0415 e. The van der Waals surface area contributed by atoms with Gasteiger partial charge in [-0.1, -0.05) is 11.6 Å². The summed E-state index contributed by atoms with van der Waals surface area (Å²) in [5, 5.41) is 4.45. The predicted molar refractivity (Wildman–Crippen MR) is 77.5 cm³/mol. The molecule has 1 aromatic rings. The highest BCUT2D eigenvalue weighted by Crippen LogP contribution is 2.34. The maximum atomic E-state index is 6.19. The zero-order valence-electron chi connectivity index (χ0n) is 10.8. The molecule has 3 heteroatoms. The lowest BCUT2D eigenvalue weighted by Gasteiger charge is -2.32. The van der Waals surface area contributed by atoms with Crippen molar-refractivity contribution in [3.63, 3.8) is 0 Å². The van der Waals surface area contributed by atoms with E-state index in [-0.39, 0.29) is 0 Å². The van der Waals surface area contributed by atoms with Crippen molar-refractivity contribution in [2.75, 3.05) is 24.5 Å². The molecule has 2 saturated heterocycles. The lowest BCUT2D eigenvalue weighted by molar-refractivity contribution is 0.570. The summed E-state index contributed by atoms with van der Waals surface area (Å²) in [5.41, 5.74) is 2.81. The number of nitrogens with one attached hydrogen (secondary N) is 1. The highest BCUT2D eigenvalue weighted by Gasteiger charge is 2.22. The smallest absolute Gasteiger partial charge is 0.0415 e. The SMILES string of the molecule is Clc1ccc(N2CCCCC2)c(C2CCCN2)c1. The van der Waals surface area contributed by atoms with E-state index in [0.29, 0.717) is 6.04 Å². The largest absolute Gasteiger partial charge is 0.371 e. The van der Waals surface area contributed by atoms with Gasteiger partial charge in [-0.25, -0.2) is 0 Å². The molecular weight excluding hydrogens is 244 g/mol. The first-order valence-corrected chi connectivity index (χ1v) is 7.50. The molecule has 0 aromatic heterocycles. The minimum atomic E-state index is 0.501. The Kier molecular flexibility index (Phi) is 3.76. The van der Waals surface area contributed by atoms with Gasteiger partial charge in [-0.15, -0.1) is 0 Å². The molecule has 3 rings (SSSR count). The van der Waals surface area contributed by atoms with Crippen molar-refractivity contribution in [3.8, 4) is 0 Å². The Bertz CT molecular complexity index is 407. The van der Waals surface area contributed by atoms with Gasteiger partial charge < -0.3 is 10.2 Å². The van der Waals surface area contributed by atoms with E-state index >= 15 is 0 Å². The number of nitrogens with zero attached hydrogens (tertiary/aromatic N) is 1. The summed E-state index contributed by atoms with van der Waals surface area (Å²) in [6.45, 7) is 3.53. The van der Waals surface area contributed by atoms with Crippen LogP contribution in [0.2, 0.25) is 5.02 Å². The molecule has 1 N–H and O–H groups in total. The maximum absolute atomic E-state index is 6.19. The van der Waals surface area contributed by atoms with Crippen molar-refractivity contribution in [1.82, 2.24) is 5.32 Å². The van der Waals surface area contributed by atoms with Crippen LogP contribution in [0.4, 0.5) is 5.69 Å². The number of hydrogen-bond acceptors (Lipinski definition) is 2. The van der Waals surface area contributed by atoms with E-state index in [0.717, 1.165) is 11.6 Å². The van der Waals surface area contributed by atoms with E-state index in [4.69, 9.17) is 11.6 Å². The van der Waals surface area contributed by atoms with E-state index in [1.165, 1.54) is 56.4 Å². The quantitative estimate of drug-likeness (QED) is 0.875. The molecule has 0 radical (unpaired) electrons. The standard InChI is InChI=1S/C15H21ClN2/c16-12-6-7-15(18-9-2-1-3-10-18)13(11-12)14-5-4-8-17-14/h6-7,11,14,17H,1-5,8-10H2. The van der Waals surface area contributed by atoms with Crippen LogP contribution in [0.1, 0.15) is 43.7 Å². The van der Waals surface area contributed by atoms with Crippen LogP contribution in [0.5, 0.6) is 0 Å². The van der Waals surface area contributed by atoms with Crippen LogP contribution in [0.3, 0.4) is 0 Å². The monoisotopic (exact) mass is 264 g/mol. The summed E-state index contributed by atoms with van der Waals surface area (Å²) in [5.74, 6) is 0. The van der Waals surface area contributed by atoms with E-state index in [2.05, 4.69) is 22.3 Å². The summed E-state index contributed by atoms with van der Waals surface area (Å²) in [4.78, 5) is 2.54. The molecule has 1 atom stereocenters. The summed E-state index contributed by atoms with van der Waals surface area (Å²) in [6.07, 6.45) is 6.53. The van der Waals surface area contributed by atoms with Crippen molar-refractivity contribution in [2.24, 2.45) is 0 Å². The fourth-order valence-corrected chi connectivity index (χ4v) is 3.36. The van der Waals surface area contributed by atoms with Crippen LogP contribution < -0.4 is 10.2 Å². The molecule has 2 aliphatic rings. The highest BCUT2D eigenvalue weighted by atomic mass is 35.5. The summed E-state index contributed by atoms with van der Waals surface area (Å²) in [7, 11) is 0. The molecule has 2 nitrogen and oxygen atoms in total. The number of anilines is 1. The van der Waals surface area contributed by atoms with Crippen LogP contribution in [-0.4, -0.2) is 19.6 Å². The molecule has 0 saturated carbocycles. The van der Waals surface area contributed by atoms with E-state index in [1.807, 2.05) is 6.07 Å². The van der Waals surface area contributed by atoms with E-state index in [9.17, 15) is 0 Å². The first kappa shape index (κ1) is 12.3. The van der Waals surface area contributed by atoms with E-state index < -0.39 is 0 Å². The second kappa shape index (κ2) is 5.50. The topological polar surface area (TPSA) is 15.3 Å². The van der Waals surface area contributed by atoms with Crippen molar-refractivity contribution in [1.29, 1.82) is 0 Å². The first-order valence-electron chi connectivity index (χ1n) is 7.12. The molecule has 0 aliphatic carbocycles. The van der Waals surface area contributed by atoms with Gasteiger partial charge in [-0.05, 0) is 62.4 Å². The van der Waals surface area contributed by atoms with Gasteiger partial charge in [0.15, 0.2) is 0 Å². The van der Waals surface area contributed by atoms with Gasteiger partial charge in [0.25, 0.3) is 0 Å². The third-order valence-corrected chi connectivity index (χ3v) is 4.36. The minimum Gasteiger partial charge on any atom is -0.371 e. The van der Waals surface area contributed by atoms with Gasteiger partial charge in [0.05, 0.1) is 0 Å². The van der Waals surface area contributed by atoms with Gasteiger partial charge >= 0.3 is 0 Å². The average Bonchev–Trinajstić information content (AvgIpc) is 2.93. The summed E-state index contributed by atoms with van der Waals surface area (Å²) in [6, 6.07) is 6.90. The van der Waals surface area contributed by atoms with Crippen LogP contribution in [-0.2, 0) is 0 Å². The lowest BCUT2D eigenvalue weighted by Crippen LogP contribution is -2.31. The normalized spacial score (nSPS) is 24.5. The second-order valence-electron chi connectivity index (χ2n) is 5.40. The zero-order chi connectivity index (χ0) is 12.4. The van der Waals surface area contributed by atoms with Crippen molar-refractivity contribution in [2.45, 2.75) is 38.1 Å². The van der Waals surface area contributed by atoms with Gasteiger partial charge in [-0.3, -0.25) is 0 Å². The van der Waals surface area contributed by atoms with Gasteiger partial charge in [-0.2, -0.15) is 0 Å². The molecule has 2 aliphatic heterocycles. The molecule has 1 aromatic carbocycles. The Hall–Kier alpha value is -0.730. The van der Waals surface area contributed by atoms with Gasteiger partial charge in [0, 0.05) is 29.8 Å². The Morgan fingerprint density at radius 3 is 2.67 bits per heavy atom. The fourth-order valence-electron chi connectivity index (χ4n) is 3.18.